The van der Waals surface area contributed by atoms with Gasteiger partial charge < -0.3 is 4.74 Å². The molecule has 3 aromatic carbocycles. The molecule has 0 saturated heterocycles. The highest BCUT2D eigenvalue weighted by Crippen LogP contribution is 2.42. The van der Waals surface area contributed by atoms with Crippen molar-refractivity contribution in [2.75, 3.05) is 7.11 Å². The Balaban J connectivity index is 1.65. The fourth-order valence-corrected chi connectivity index (χ4v) is 6.29. The summed E-state index contributed by atoms with van der Waals surface area (Å²) >= 11 is 0. The highest BCUT2D eigenvalue weighted by atomic mass is 32.2. The van der Waals surface area contributed by atoms with E-state index in [1.807, 2.05) is 30.3 Å². The lowest BCUT2D eigenvalue weighted by Crippen LogP contribution is -2.27. The maximum Gasteiger partial charge on any atom is 0.244 e. The van der Waals surface area contributed by atoms with Gasteiger partial charge in [-0.05, 0) is 42.3 Å². The van der Waals surface area contributed by atoms with Crippen molar-refractivity contribution in [1.82, 2.24) is 4.72 Å². The fraction of sp³-hybridized carbons (Fsp3) is 0.182. The van der Waals surface area contributed by atoms with E-state index >= 15 is 0 Å². The van der Waals surface area contributed by atoms with Crippen LogP contribution in [0.4, 0.5) is 0 Å². The first-order valence-electron chi connectivity index (χ1n) is 9.38. The lowest BCUT2D eigenvalue weighted by atomic mass is 10.1. The van der Waals surface area contributed by atoms with Crippen LogP contribution in [-0.2, 0) is 19.9 Å². The molecule has 1 saturated carbocycles. The van der Waals surface area contributed by atoms with Gasteiger partial charge in [-0.3, -0.25) is 0 Å². The molecule has 1 aliphatic rings. The van der Waals surface area contributed by atoms with E-state index < -0.39 is 19.9 Å². The molecule has 0 radical (unpaired) electrons. The van der Waals surface area contributed by atoms with Gasteiger partial charge in [-0.2, -0.15) is 0 Å². The summed E-state index contributed by atoms with van der Waals surface area (Å²) in [4.78, 5) is -0.205. The molecule has 8 heteroatoms. The van der Waals surface area contributed by atoms with Gasteiger partial charge in [-0.1, -0.05) is 48.5 Å². The van der Waals surface area contributed by atoms with Crippen molar-refractivity contribution in [3.63, 3.8) is 0 Å². The van der Waals surface area contributed by atoms with E-state index in [4.69, 9.17) is 4.74 Å². The third-order valence-electron chi connectivity index (χ3n) is 5.11. The maximum absolute atomic E-state index is 13.1. The van der Waals surface area contributed by atoms with Gasteiger partial charge in [0, 0.05) is 12.0 Å². The van der Waals surface area contributed by atoms with E-state index in [-0.39, 0.29) is 32.4 Å². The highest BCUT2D eigenvalue weighted by molar-refractivity contribution is 7.91. The van der Waals surface area contributed by atoms with Crippen LogP contribution in [-0.4, -0.2) is 30.0 Å². The average Bonchev–Trinajstić information content (AvgIpc) is 3.52. The number of nitrogens with one attached hydrogen (secondary N) is 1. The smallest absolute Gasteiger partial charge is 0.244 e. The second-order valence-corrected chi connectivity index (χ2v) is 10.7. The monoisotopic (exact) mass is 443 g/mol. The van der Waals surface area contributed by atoms with Crippen LogP contribution in [0, 0.1) is 0 Å². The second kappa shape index (κ2) is 7.86. The summed E-state index contributed by atoms with van der Waals surface area (Å²) in [6, 6.07) is 21.2. The van der Waals surface area contributed by atoms with Gasteiger partial charge in [0.05, 0.1) is 16.9 Å². The predicted octanol–water partition coefficient (Wildman–Crippen LogP) is 3.36. The van der Waals surface area contributed by atoms with Gasteiger partial charge in [-0.25, -0.2) is 21.6 Å². The number of sulfonamides is 1. The SMILES string of the molecule is COc1ccc(S(=O)(=O)c2ccccc2)cc1S(=O)(=O)N[C@H]1C[C@@H]1c1ccccc1. The van der Waals surface area contributed by atoms with Gasteiger partial charge in [0.1, 0.15) is 10.6 Å². The molecule has 156 valence electrons. The summed E-state index contributed by atoms with van der Waals surface area (Å²) < 4.78 is 59.9. The van der Waals surface area contributed by atoms with E-state index in [1.54, 1.807) is 18.2 Å². The molecule has 3 aromatic rings. The van der Waals surface area contributed by atoms with Crippen LogP contribution in [0.5, 0.6) is 5.75 Å². The van der Waals surface area contributed by atoms with E-state index in [2.05, 4.69) is 4.72 Å². The third kappa shape index (κ3) is 3.98. The van der Waals surface area contributed by atoms with E-state index in [9.17, 15) is 16.8 Å². The first-order valence-corrected chi connectivity index (χ1v) is 12.3. The molecule has 0 aliphatic heterocycles. The van der Waals surface area contributed by atoms with Gasteiger partial charge in [0.2, 0.25) is 19.9 Å². The van der Waals surface area contributed by atoms with Crippen LogP contribution in [0.15, 0.2) is 93.5 Å². The summed E-state index contributed by atoms with van der Waals surface area (Å²) in [6.45, 7) is 0. The molecule has 0 amide bonds. The molecule has 0 aromatic heterocycles. The van der Waals surface area contributed by atoms with Crippen molar-refractivity contribution in [2.45, 2.75) is 33.1 Å². The Morgan fingerprint density at radius 2 is 1.47 bits per heavy atom. The number of sulfone groups is 1. The minimum absolute atomic E-state index is 0.0893. The fourth-order valence-electron chi connectivity index (χ4n) is 3.43. The molecule has 1 fully saturated rings. The Hall–Kier alpha value is -2.68. The zero-order chi connectivity index (χ0) is 21.4. The molecule has 0 unspecified atom stereocenters. The van der Waals surface area contributed by atoms with Crippen LogP contribution in [0.2, 0.25) is 0 Å². The molecule has 2 atom stereocenters. The number of hydrogen-bond acceptors (Lipinski definition) is 5. The molecule has 6 nitrogen and oxygen atoms in total. The van der Waals surface area contributed by atoms with Crippen molar-refractivity contribution < 1.29 is 21.6 Å². The highest BCUT2D eigenvalue weighted by Gasteiger charge is 2.42. The predicted molar refractivity (Wildman–Crippen MR) is 113 cm³/mol. The van der Waals surface area contributed by atoms with Crippen LogP contribution in [0.1, 0.15) is 17.9 Å². The van der Waals surface area contributed by atoms with Crippen molar-refractivity contribution in [2.24, 2.45) is 0 Å². The van der Waals surface area contributed by atoms with E-state index in [0.717, 1.165) is 11.6 Å². The minimum Gasteiger partial charge on any atom is -0.495 e. The Morgan fingerprint density at radius 3 is 2.10 bits per heavy atom. The summed E-state index contributed by atoms with van der Waals surface area (Å²) in [6.07, 6.45) is 0.688. The maximum atomic E-state index is 13.1. The average molecular weight is 444 g/mol. The number of rotatable bonds is 7. The molecule has 0 heterocycles. The van der Waals surface area contributed by atoms with Crippen LogP contribution in [0.25, 0.3) is 0 Å². The zero-order valence-electron chi connectivity index (χ0n) is 16.2. The molecule has 1 N–H and O–H groups in total. The van der Waals surface area contributed by atoms with Gasteiger partial charge >= 0.3 is 0 Å². The van der Waals surface area contributed by atoms with Crippen molar-refractivity contribution >= 4 is 19.9 Å². The third-order valence-corrected chi connectivity index (χ3v) is 8.39. The molecule has 0 spiro atoms. The summed E-state index contributed by atoms with van der Waals surface area (Å²) in [7, 11) is -6.50. The van der Waals surface area contributed by atoms with Crippen LogP contribution >= 0.6 is 0 Å². The molecule has 1 aliphatic carbocycles. The van der Waals surface area contributed by atoms with Gasteiger partial charge in [-0.15, -0.1) is 0 Å². The standard InChI is InChI=1S/C22H21NO5S2/c1-28-21-13-12-18(29(24,25)17-10-6-3-7-11-17)14-22(21)30(26,27)23-20-15-19(20)16-8-4-2-5-9-16/h2-14,19-20,23H,15H2,1H3/t19-,20+/m1/s1. The molecule has 30 heavy (non-hydrogen) atoms. The molecular weight excluding hydrogens is 422 g/mol. The quantitative estimate of drug-likeness (QED) is 0.605. The first kappa shape index (κ1) is 20.6. The number of hydrogen-bond donors (Lipinski definition) is 1. The molecule has 4 rings (SSSR count). The minimum atomic E-state index is -3.99. The Labute approximate surface area is 176 Å². The summed E-state index contributed by atoms with van der Waals surface area (Å²) in [5, 5.41) is 0. The van der Waals surface area contributed by atoms with Crippen molar-refractivity contribution in [3.05, 3.63) is 84.4 Å². The van der Waals surface area contributed by atoms with Crippen molar-refractivity contribution in [1.29, 1.82) is 0 Å². The Morgan fingerprint density at radius 1 is 0.833 bits per heavy atom. The summed E-state index contributed by atoms with van der Waals surface area (Å²) in [5.74, 6) is 0.189. The molecular formula is C22H21NO5S2. The number of ether oxygens (including phenoxy) is 1. The van der Waals surface area contributed by atoms with Gasteiger partial charge in [0.25, 0.3) is 0 Å². The lowest BCUT2D eigenvalue weighted by molar-refractivity contribution is 0.401. The van der Waals surface area contributed by atoms with E-state index in [0.29, 0.717) is 6.42 Å². The second-order valence-electron chi connectivity index (χ2n) is 7.11. The van der Waals surface area contributed by atoms with Crippen LogP contribution < -0.4 is 9.46 Å². The van der Waals surface area contributed by atoms with Crippen molar-refractivity contribution in [3.8, 4) is 5.75 Å². The Bertz CT molecular complexity index is 1260. The molecule has 0 bridgehead atoms. The topological polar surface area (TPSA) is 89.5 Å². The first-order chi connectivity index (χ1) is 14.3. The number of benzene rings is 3. The normalized spacial score (nSPS) is 18.7. The number of methoxy groups -OCH3 is 1. The van der Waals surface area contributed by atoms with Gasteiger partial charge in [0.15, 0.2) is 0 Å². The van der Waals surface area contributed by atoms with Crippen LogP contribution in [0.3, 0.4) is 0 Å². The summed E-state index contributed by atoms with van der Waals surface area (Å²) in [5.41, 5.74) is 1.07. The largest absolute Gasteiger partial charge is 0.495 e. The zero-order valence-corrected chi connectivity index (χ0v) is 17.9. The Kier molecular flexibility index (Phi) is 5.40. The van der Waals surface area contributed by atoms with E-state index in [1.165, 1.54) is 31.4 Å². The lowest BCUT2D eigenvalue weighted by Gasteiger charge is -2.13.